The lowest BCUT2D eigenvalue weighted by Gasteiger charge is -2.12. The van der Waals surface area contributed by atoms with E-state index in [2.05, 4.69) is 29.4 Å². The Morgan fingerprint density at radius 3 is 2.84 bits per heavy atom. The van der Waals surface area contributed by atoms with Crippen LogP contribution in [0.15, 0.2) is 30.3 Å². The zero-order chi connectivity index (χ0) is 13.8. The normalized spacial score (nSPS) is 12.1. The number of nitrogens with zero attached hydrogens (tertiary/aromatic N) is 1. The Hall–Kier alpha value is -1.88. The Balaban J connectivity index is 1.95. The van der Waals surface area contributed by atoms with Gasteiger partial charge in [0.2, 0.25) is 0 Å². The fourth-order valence-electron chi connectivity index (χ4n) is 1.82. The second kappa shape index (κ2) is 5.84. The maximum absolute atomic E-state index is 12.0. The number of hydrogen-bond acceptors (Lipinski definition) is 4. The van der Waals surface area contributed by atoms with Crippen molar-refractivity contribution in [2.45, 2.75) is 26.3 Å². The van der Waals surface area contributed by atoms with E-state index >= 15 is 0 Å². The van der Waals surface area contributed by atoms with Crippen molar-refractivity contribution in [2.24, 2.45) is 0 Å². The van der Waals surface area contributed by atoms with Gasteiger partial charge in [0, 0.05) is 22.2 Å². The molecule has 1 unspecified atom stereocenters. The number of aromatic nitrogens is 1. The number of pyridine rings is 1. The topological polar surface area (TPSA) is 68.0 Å². The fourth-order valence-corrected chi connectivity index (χ4v) is 2.84. The van der Waals surface area contributed by atoms with E-state index in [1.165, 1.54) is 9.75 Å². The molecule has 0 spiro atoms. The molecule has 0 radical (unpaired) electrons. The Labute approximate surface area is 116 Å². The van der Waals surface area contributed by atoms with Gasteiger partial charge in [0.05, 0.1) is 0 Å². The van der Waals surface area contributed by atoms with E-state index < -0.39 is 0 Å². The van der Waals surface area contributed by atoms with Gasteiger partial charge in [-0.05, 0) is 38.1 Å². The van der Waals surface area contributed by atoms with Crippen molar-refractivity contribution in [1.82, 2.24) is 10.3 Å². The van der Waals surface area contributed by atoms with Crippen molar-refractivity contribution in [1.29, 1.82) is 0 Å². The molecule has 2 aromatic rings. The second-order valence-corrected chi connectivity index (χ2v) is 5.91. The third-order valence-electron chi connectivity index (χ3n) is 2.68. The number of carbonyl (C=O) groups is 1. The standard InChI is InChI=1S/C14H17N3OS/c1-9(8-11-7-6-10(2)19-11)16-14(18)12-4-3-5-13(15)17-12/h3-7,9H,8H2,1-2H3,(H2,15,17)(H,16,18). The monoisotopic (exact) mass is 275 g/mol. The quantitative estimate of drug-likeness (QED) is 0.900. The molecule has 0 saturated heterocycles. The van der Waals surface area contributed by atoms with Crippen LogP contribution < -0.4 is 11.1 Å². The van der Waals surface area contributed by atoms with Crippen molar-refractivity contribution in [3.05, 3.63) is 45.8 Å². The molecule has 3 N–H and O–H groups in total. The Kier molecular flexibility index (Phi) is 4.16. The van der Waals surface area contributed by atoms with Crippen LogP contribution in [0.5, 0.6) is 0 Å². The van der Waals surface area contributed by atoms with Gasteiger partial charge < -0.3 is 11.1 Å². The third kappa shape index (κ3) is 3.79. The number of hydrogen-bond donors (Lipinski definition) is 2. The predicted molar refractivity (Wildman–Crippen MR) is 78.3 cm³/mol. The molecule has 1 amide bonds. The molecule has 0 aliphatic heterocycles. The highest BCUT2D eigenvalue weighted by molar-refractivity contribution is 7.11. The number of anilines is 1. The van der Waals surface area contributed by atoms with Crippen LogP contribution in [0.4, 0.5) is 5.82 Å². The lowest BCUT2D eigenvalue weighted by Crippen LogP contribution is -2.34. The van der Waals surface area contributed by atoms with Crippen LogP contribution >= 0.6 is 11.3 Å². The van der Waals surface area contributed by atoms with Crippen molar-refractivity contribution < 1.29 is 4.79 Å². The summed E-state index contributed by atoms with van der Waals surface area (Å²) in [6.07, 6.45) is 0.826. The van der Waals surface area contributed by atoms with Crippen LogP contribution in [0.2, 0.25) is 0 Å². The highest BCUT2D eigenvalue weighted by Crippen LogP contribution is 2.16. The first-order valence-corrected chi connectivity index (χ1v) is 6.95. The van der Waals surface area contributed by atoms with E-state index in [9.17, 15) is 4.79 Å². The summed E-state index contributed by atoms with van der Waals surface area (Å²) in [6.45, 7) is 4.06. The summed E-state index contributed by atoms with van der Waals surface area (Å²) < 4.78 is 0. The first-order chi connectivity index (χ1) is 9.04. The van der Waals surface area contributed by atoms with Gasteiger partial charge in [-0.1, -0.05) is 6.07 Å². The van der Waals surface area contributed by atoms with Gasteiger partial charge >= 0.3 is 0 Å². The molecule has 0 aliphatic carbocycles. The maximum atomic E-state index is 12.0. The molecule has 19 heavy (non-hydrogen) atoms. The maximum Gasteiger partial charge on any atom is 0.270 e. The summed E-state index contributed by atoms with van der Waals surface area (Å²) in [5.74, 6) is 0.169. The molecule has 100 valence electrons. The van der Waals surface area contributed by atoms with Crippen molar-refractivity contribution >= 4 is 23.1 Å². The average molecular weight is 275 g/mol. The largest absolute Gasteiger partial charge is 0.384 e. The lowest BCUT2D eigenvalue weighted by atomic mass is 10.2. The van der Waals surface area contributed by atoms with E-state index in [4.69, 9.17) is 5.73 Å². The van der Waals surface area contributed by atoms with Gasteiger partial charge in [0.15, 0.2) is 0 Å². The zero-order valence-electron chi connectivity index (χ0n) is 11.0. The summed E-state index contributed by atoms with van der Waals surface area (Å²) in [7, 11) is 0. The molecule has 2 aromatic heterocycles. The Morgan fingerprint density at radius 1 is 1.42 bits per heavy atom. The molecule has 5 heteroatoms. The predicted octanol–water partition coefficient (Wildman–Crippen LogP) is 2.39. The van der Waals surface area contributed by atoms with Crippen LogP contribution in [-0.2, 0) is 6.42 Å². The summed E-state index contributed by atoms with van der Waals surface area (Å²) in [5, 5.41) is 2.93. The smallest absolute Gasteiger partial charge is 0.270 e. The first-order valence-electron chi connectivity index (χ1n) is 6.13. The van der Waals surface area contributed by atoms with Gasteiger partial charge in [0.1, 0.15) is 11.5 Å². The first kappa shape index (κ1) is 13.5. The molecule has 0 aliphatic rings. The number of aryl methyl sites for hydroxylation is 1. The molecular weight excluding hydrogens is 258 g/mol. The van der Waals surface area contributed by atoms with Gasteiger partial charge in [-0.2, -0.15) is 0 Å². The Morgan fingerprint density at radius 2 is 2.21 bits per heavy atom. The third-order valence-corrected chi connectivity index (χ3v) is 3.71. The minimum Gasteiger partial charge on any atom is -0.384 e. The van der Waals surface area contributed by atoms with E-state index in [1.54, 1.807) is 29.5 Å². The molecule has 4 nitrogen and oxygen atoms in total. The average Bonchev–Trinajstić information content (AvgIpc) is 2.74. The van der Waals surface area contributed by atoms with Crippen LogP contribution in [-0.4, -0.2) is 16.9 Å². The van der Waals surface area contributed by atoms with Gasteiger partial charge in [-0.15, -0.1) is 11.3 Å². The molecule has 0 fully saturated rings. The molecule has 2 heterocycles. The number of nitrogens with one attached hydrogen (secondary N) is 1. The van der Waals surface area contributed by atoms with Crippen LogP contribution in [0.25, 0.3) is 0 Å². The van der Waals surface area contributed by atoms with Crippen molar-refractivity contribution in [2.75, 3.05) is 5.73 Å². The van der Waals surface area contributed by atoms with Crippen LogP contribution in [0, 0.1) is 6.92 Å². The van der Waals surface area contributed by atoms with Crippen LogP contribution in [0.3, 0.4) is 0 Å². The van der Waals surface area contributed by atoms with Gasteiger partial charge in [-0.3, -0.25) is 4.79 Å². The number of carbonyl (C=O) groups excluding carboxylic acids is 1. The van der Waals surface area contributed by atoms with Crippen LogP contribution in [0.1, 0.15) is 27.2 Å². The molecular formula is C14H17N3OS. The number of nitrogens with two attached hydrogens (primary N) is 1. The Bertz CT molecular complexity index is 580. The van der Waals surface area contributed by atoms with E-state index in [0.717, 1.165) is 6.42 Å². The number of amides is 1. The highest BCUT2D eigenvalue weighted by Gasteiger charge is 2.12. The summed E-state index contributed by atoms with van der Waals surface area (Å²) >= 11 is 1.75. The van der Waals surface area contributed by atoms with Crippen molar-refractivity contribution in [3.8, 4) is 0 Å². The molecule has 0 saturated carbocycles. The molecule has 2 rings (SSSR count). The number of rotatable bonds is 4. The number of thiophene rings is 1. The summed E-state index contributed by atoms with van der Waals surface area (Å²) in [4.78, 5) is 18.5. The minimum atomic E-state index is -0.187. The fraction of sp³-hybridized carbons (Fsp3) is 0.286. The summed E-state index contributed by atoms with van der Waals surface area (Å²) in [5.41, 5.74) is 5.92. The zero-order valence-corrected chi connectivity index (χ0v) is 11.8. The van der Waals surface area contributed by atoms with E-state index in [0.29, 0.717) is 11.5 Å². The van der Waals surface area contributed by atoms with Gasteiger partial charge in [-0.25, -0.2) is 4.98 Å². The van der Waals surface area contributed by atoms with Crippen molar-refractivity contribution in [3.63, 3.8) is 0 Å². The molecule has 1 atom stereocenters. The van der Waals surface area contributed by atoms with E-state index in [1.807, 2.05) is 6.92 Å². The summed E-state index contributed by atoms with van der Waals surface area (Å²) in [6, 6.07) is 9.30. The van der Waals surface area contributed by atoms with Gasteiger partial charge in [0.25, 0.3) is 5.91 Å². The minimum absolute atomic E-state index is 0.0637. The SMILES string of the molecule is Cc1ccc(CC(C)NC(=O)c2cccc(N)n2)s1. The molecule has 0 bridgehead atoms. The lowest BCUT2D eigenvalue weighted by molar-refractivity contribution is 0.0935. The number of nitrogen functional groups attached to an aromatic ring is 1. The molecule has 0 aromatic carbocycles. The highest BCUT2D eigenvalue weighted by atomic mass is 32.1. The second-order valence-electron chi connectivity index (χ2n) is 4.54. The van der Waals surface area contributed by atoms with E-state index in [-0.39, 0.29) is 11.9 Å².